The summed E-state index contributed by atoms with van der Waals surface area (Å²) in [5, 5.41) is 13.6. The molecule has 1 unspecified atom stereocenters. The molecule has 0 aliphatic carbocycles. The predicted octanol–water partition coefficient (Wildman–Crippen LogP) is 0.300. The van der Waals surface area contributed by atoms with Crippen molar-refractivity contribution in [3.63, 3.8) is 0 Å². The molecule has 0 fully saturated rings. The van der Waals surface area contributed by atoms with Gasteiger partial charge < -0.3 is 25.6 Å². The van der Waals surface area contributed by atoms with E-state index >= 15 is 0 Å². The van der Waals surface area contributed by atoms with Crippen molar-refractivity contribution in [1.29, 1.82) is 0 Å². The lowest BCUT2D eigenvalue weighted by molar-refractivity contribution is -0.742. The van der Waals surface area contributed by atoms with Crippen molar-refractivity contribution in [1.82, 2.24) is 0 Å². The van der Waals surface area contributed by atoms with Crippen molar-refractivity contribution in [2.45, 2.75) is 19.4 Å². The van der Waals surface area contributed by atoms with E-state index in [1.165, 1.54) is 5.56 Å². The highest BCUT2D eigenvalue weighted by atomic mass is 31.2. The van der Waals surface area contributed by atoms with Crippen LogP contribution in [0.1, 0.15) is 12.5 Å². The summed E-state index contributed by atoms with van der Waals surface area (Å²) >= 11 is 0. The zero-order chi connectivity index (χ0) is 15.5. The summed E-state index contributed by atoms with van der Waals surface area (Å²) in [7, 11) is -4.64. The molecule has 19 heavy (non-hydrogen) atoms. The Morgan fingerprint density at radius 2 is 1.63 bits per heavy atom. The molecule has 1 rings (SSSR count). The van der Waals surface area contributed by atoms with E-state index in [0.29, 0.717) is 0 Å². The van der Waals surface area contributed by atoms with E-state index in [4.69, 9.17) is 40.3 Å². The standard InChI is InChI=1S/C9H13N.HNO3.H3O4P/c1-8(10)7-9-5-3-2-4-6-9;2-1(3)4;1-5(2,3)4/h2-6,8H,7,10H2,1H3;(H,2,3,4);(H3,1,2,3,4). The van der Waals surface area contributed by atoms with Crippen molar-refractivity contribution in [2.24, 2.45) is 5.73 Å². The highest BCUT2D eigenvalue weighted by Crippen LogP contribution is 2.25. The first kappa shape index (κ1) is 19.8. The van der Waals surface area contributed by atoms with Crippen LogP contribution in [0, 0.1) is 10.1 Å². The van der Waals surface area contributed by atoms with Gasteiger partial charge in [-0.05, 0) is 18.9 Å². The molecule has 9 nitrogen and oxygen atoms in total. The van der Waals surface area contributed by atoms with Crippen LogP contribution >= 0.6 is 7.82 Å². The van der Waals surface area contributed by atoms with Crippen LogP contribution in [0.4, 0.5) is 0 Å². The van der Waals surface area contributed by atoms with E-state index in [1.54, 1.807) is 0 Å². The van der Waals surface area contributed by atoms with Gasteiger partial charge >= 0.3 is 7.82 Å². The second-order valence-electron chi connectivity index (χ2n) is 3.42. The normalized spacial score (nSPS) is 11.2. The average molecular weight is 296 g/mol. The molecule has 110 valence electrons. The molecule has 0 heterocycles. The Labute approximate surface area is 109 Å². The molecule has 0 aliphatic heterocycles. The van der Waals surface area contributed by atoms with Crippen LogP contribution in [0.2, 0.25) is 0 Å². The molecule has 0 radical (unpaired) electrons. The van der Waals surface area contributed by atoms with Gasteiger partial charge in [-0.3, -0.25) is 0 Å². The topological polar surface area (TPSA) is 167 Å². The molecule has 0 saturated heterocycles. The van der Waals surface area contributed by atoms with Gasteiger partial charge in [-0.2, -0.15) is 0 Å². The van der Waals surface area contributed by atoms with Crippen LogP contribution in [-0.4, -0.2) is 31.0 Å². The zero-order valence-electron chi connectivity index (χ0n) is 10.2. The zero-order valence-corrected chi connectivity index (χ0v) is 11.1. The molecular formula is C9H17N2O7P. The van der Waals surface area contributed by atoms with Crippen molar-refractivity contribution in [3.8, 4) is 0 Å². The van der Waals surface area contributed by atoms with Gasteiger partial charge in [0.25, 0.3) is 5.09 Å². The Morgan fingerprint density at radius 3 is 1.89 bits per heavy atom. The molecular weight excluding hydrogens is 279 g/mol. The first-order valence-corrected chi connectivity index (χ1v) is 6.50. The molecule has 0 spiro atoms. The number of rotatable bonds is 2. The highest BCUT2D eigenvalue weighted by molar-refractivity contribution is 7.45. The third-order valence-electron chi connectivity index (χ3n) is 1.40. The van der Waals surface area contributed by atoms with Crippen LogP contribution in [-0.2, 0) is 11.0 Å². The van der Waals surface area contributed by atoms with E-state index in [2.05, 4.69) is 12.1 Å². The van der Waals surface area contributed by atoms with Crippen LogP contribution in [0.5, 0.6) is 0 Å². The molecule has 0 aromatic heterocycles. The van der Waals surface area contributed by atoms with Gasteiger partial charge in [-0.15, -0.1) is 10.1 Å². The molecule has 10 heteroatoms. The molecule has 0 aliphatic rings. The Bertz CT molecular complexity index is 381. The van der Waals surface area contributed by atoms with Crippen molar-refractivity contribution in [3.05, 3.63) is 46.0 Å². The minimum atomic E-state index is -4.64. The summed E-state index contributed by atoms with van der Waals surface area (Å²) in [6.07, 6.45) is 0.973. The van der Waals surface area contributed by atoms with Gasteiger partial charge in [-0.1, -0.05) is 30.3 Å². The maximum atomic E-state index is 8.88. The average Bonchev–Trinajstić information content (AvgIpc) is 2.14. The van der Waals surface area contributed by atoms with Gasteiger partial charge in [-0.25, -0.2) is 4.57 Å². The van der Waals surface area contributed by atoms with Crippen molar-refractivity contribution < 1.29 is 29.5 Å². The fourth-order valence-corrected chi connectivity index (χ4v) is 0.986. The van der Waals surface area contributed by atoms with Crippen LogP contribution in [0.3, 0.4) is 0 Å². The molecule has 1 atom stereocenters. The number of phosphoric acid groups is 1. The first-order valence-electron chi connectivity index (χ1n) is 4.93. The third-order valence-corrected chi connectivity index (χ3v) is 1.40. The molecule has 6 N–H and O–H groups in total. The third kappa shape index (κ3) is 31.5. The van der Waals surface area contributed by atoms with E-state index in [-0.39, 0.29) is 6.04 Å². The van der Waals surface area contributed by atoms with Crippen molar-refractivity contribution in [2.75, 3.05) is 0 Å². The van der Waals surface area contributed by atoms with Gasteiger partial charge in [0.2, 0.25) is 0 Å². The minimum Gasteiger partial charge on any atom is -0.328 e. The number of hydrogen-bond acceptors (Lipinski definition) is 4. The fraction of sp³-hybridized carbons (Fsp3) is 0.333. The minimum absolute atomic E-state index is 0.266. The predicted molar refractivity (Wildman–Crippen MR) is 66.8 cm³/mol. The second-order valence-corrected chi connectivity index (χ2v) is 4.44. The maximum Gasteiger partial charge on any atom is 0.466 e. The lowest BCUT2D eigenvalue weighted by Crippen LogP contribution is -2.17. The summed E-state index contributed by atoms with van der Waals surface area (Å²) < 4.78 is 8.88. The highest BCUT2D eigenvalue weighted by Gasteiger charge is 2.00. The lowest BCUT2D eigenvalue weighted by atomic mass is 10.1. The molecule has 1 aromatic carbocycles. The quantitative estimate of drug-likeness (QED) is 0.295. The molecule has 0 amide bonds. The Balaban J connectivity index is 0. The van der Waals surface area contributed by atoms with Gasteiger partial charge in [0.05, 0.1) is 0 Å². The summed E-state index contributed by atoms with van der Waals surface area (Å²) in [6, 6.07) is 10.6. The largest absolute Gasteiger partial charge is 0.466 e. The van der Waals surface area contributed by atoms with E-state index in [0.717, 1.165) is 6.42 Å². The first-order chi connectivity index (χ1) is 8.52. The van der Waals surface area contributed by atoms with Gasteiger partial charge in [0, 0.05) is 6.04 Å². The summed E-state index contributed by atoms with van der Waals surface area (Å²) in [6.45, 7) is 2.02. The monoisotopic (exact) mass is 296 g/mol. The van der Waals surface area contributed by atoms with Gasteiger partial charge in [0.15, 0.2) is 0 Å². The van der Waals surface area contributed by atoms with Crippen LogP contribution in [0.25, 0.3) is 0 Å². The number of nitrogens with two attached hydrogens (primary N) is 1. The molecule has 0 saturated carbocycles. The maximum absolute atomic E-state index is 8.88. The fourth-order valence-electron chi connectivity index (χ4n) is 0.986. The van der Waals surface area contributed by atoms with Gasteiger partial charge in [0.1, 0.15) is 0 Å². The summed E-state index contributed by atoms with van der Waals surface area (Å²) in [5.41, 5.74) is 6.94. The number of benzene rings is 1. The molecule has 0 bridgehead atoms. The summed E-state index contributed by atoms with van der Waals surface area (Å²) in [5.74, 6) is 0. The van der Waals surface area contributed by atoms with E-state index in [1.807, 2.05) is 25.1 Å². The van der Waals surface area contributed by atoms with Crippen LogP contribution in [0.15, 0.2) is 30.3 Å². The number of nitrogens with zero attached hydrogens (tertiary/aromatic N) is 1. The Morgan fingerprint density at radius 1 is 1.32 bits per heavy atom. The van der Waals surface area contributed by atoms with E-state index < -0.39 is 12.9 Å². The lowest BCUT2D eigenvalue weighted by Gasteiger charge is -2.02. The Hall–Kier alpha value is -1.51. The SMILES string of the molecule is CC(N)Cc1ccccc1.O=P(O)(O)O.O=[N+]([O-])O. The smallest absolute Gasteiger partial charge is 0.328 e. The van der Waals surface area contributed by atoms with Crippen molar-refractivity contribution >= 4 is 7.82 Å². The van der Waals surface area contributed by atoms with E-state index in [9.17, 15) is 0 Å². The summed E-state index contributed by atoms with van der Waals surface area (Å²) in [4.78, 5) is 29.9. The number of hydrogen-bond donors (Lipinski definition) is 5. The second kappa shape index (κ2) is 10.4. The Kier molecular flexibility index (Phi) is 10.9. The molecule has 1 aromatic rings. The van der Waals surface area contributed by atoms with Crippen LogP contribution < -0.4 is 5.73 Å².